The van der Waals surface area contributed by atoms with Gasteiger partial charge in [-0.05, 0) is 35.0 Å². The highest BCUT2D eigenvalue weighted by Crippen LogP contribution is 2.27. The zero-order valence-corrected chi connectivity index (χ0v) is 11.7. The van der Waals surface area contributed by atoms with Crippen molar-refractivity contribution >= 4 is 49.5 Å². The van der Waals surface area contributed by atoms with E-state index in [-0.39, 0.29) is 5.97 Å². The molecule has 0 saturated heterocycles. The highest BCUT2D eigenvalue weighted by molar-refractivity contribution is 7.17. The van der Waals surface area contributed by atoms with E-state index in [1.165, 1.54) is 34.7 Å². The van der Waals surface area contributed by atoms with E-state index in [9.17, 15) is 4.79 Å². The molecule has 6 heteroatoms. The molecule has 1 N–H and O–H groups in total. The Morgan fingerprint density at radius 1 is 1.37 bits per heavy atom. The summed E-state index contributed by atoms with van der Waals surface area (Å²) in [6.45, 7) is 0. The maximum Gasteiger partial charge on any atom is 0.349 e. The van der Waals surface area contributed by atoms with Crippen molar-refractivity contribution in [1.82, 2.24) is 4.98 Å². The number of ether oxygens (including phenoxy) is 1. The molecule has 0 saturated carbocycles. The lowest BCUT2D eigenvalue weighted by molar-refractivity contribution is 0.0606. The number of aromatic nitrogens is 1. The van der Waals surface area contributed by atoms with Gasteiger partial charge in [-0.1, -0.05) is 11.3 Å². The van der Waals surface area contributed by atoms with Gasteiger partial charge in [0.2, 0.25) is 0 Å². The number of anilines is 2. The first-order valence-corrected chi connectivity index (χ1v) is 7.24. The van der Waals surface area contributed by atoms with Crippen LogP contribution >= 0.6 is 22.7 Å². The number of nitrogens with zero attached hydrogens (tertiary/aromatic N) is 1. The lowest BCUT2D eigenvalue weighted by Crippen LogP contribution is -1.96. The minimum absolute atomic E-state index is 0.362. The van der Waals surface area contributed by atoms with Gasteiger partial charge in [0.05, 0.1) is 13.3 Å². The number of fused-ring (bicyclic) bond motifs is 1. The number of benzene rings is 1. The van der Waals surface area contributed by atoms with Crippen molar-refractivity contribution in [3.05, 3.63) is 40.7 Å². The number of carbonyl (C=O) groups excluding carboxylic acids is 1. The molecule has 96 valence electrons. The highest BCUT2D eigenvalue weighted by atomic mass is 32.1. The molecular formula is C13H10N2O2S2. The van der Waals surface area contributed by atoms with E-state index in [1.54, 1.807) is 11.3 Å². The second-order valence-electron chi connectivity index (χ2n) is 3.82. The lowest BCUT2D eigenvalue weighted by Gasteiger charge is -2.02. The van der Waals surface area contributed by atoms with Crippen molar-refractivity contribution < 1.29 is 9.53 Å². The molecule has 0 spiro atoms. The molecule has 0 bridgehead atoms. The van der Waals surface area contributed by atoms with Crippen LogP contribution < -0.4 is 5.32 Å². The first-order valence-electron chi connectivity index (χ1n) is 5.55. The number of thiazole rings is 1. The quantitative estimate of drug-likeness (QED) is 0.744. The van der Waals surface area contributed by atoms with Gasteiger partial charge in [-0.3, -0.25) is 0 Å². The van der Waals surface area contributed by atoms with Crippen LogP contribution in [-0.4, -0.2) is 18.1 Å². The molecule has 4 nitrogen and oxygen atoms in total. The van der Waals surface area contributed by atoms with Crippen LogP contribution in [0.3, 0.4) is 0 Å². The van der Waals surface area contributed by atoms with Crippen LogP contribution in [0.25, 0.3) is 10.1 Å². The van der Waals surface area contributed by atoms with Gasteiger partial charge in [-0.25, -0.2) is 9.78 Å². The van der Waals surface area contributed by atoms with E-state index in [0.29, 0.717) is 10.0 Å². The van der Waals surface area contributed by atoms with Crippen molar-refractivity contribution in [3.8, 4) is 0 Å². The summed E-state index contributed by atoms with van der Waals surface area (Å²) in [6, 6.07) is 8.20. The predicted molar refractivity (Wildman–Crippen MR) is 78.6 cm³/mol. The summed E-state index contributed by atoms with van der Waals surface area (Å²) in [5.41, 5.74) is 0.955. The minimum Gasteiger partial charge on any atom is -0.465 e. The number of carbonyl (C=O) groups is 1. The molecule has 2 aromatic heterocycles. The summed E-state index contributed by atoms with van der Waals surface area (Å²) in [7, 11) is 1.36. The maximum absolute atomic E-state index is 11.3. The molecule has 3 aromatic rings. The average Bonchev–Trinajstić information content (AvgIpc) is 3.06. The number of methoxy groups -OCH3 is 1. The van der Waals surface area contributed by atoms with E-state index in [2.05, 4.69) is 38.6 Å². The molecular weight excluding hydrogens is 280 g/mol. The molecule has 0 amide bonds. The first-order chi connectivity index (χ1) is 9.26. The van der Waals surface area contributed by atoms with Gasteiger partial charge in [-0.2, -0.15) is 0 Å². The van der Waals surface area contributed by atoms with Crippen molar-refractivity contribution in [2.45, 2.75) is 0 Å². The average molecular weight is 290 g/mol. The van der Waals surface area contributed by atoms with E-state index < -0.39 is 0 Å². The summed E-state index contributed by atoms with van der Waals surface area (Å²) in [5, 5.41) is 7.12. The molecule has 0 fully saturated rings. The van der Waals surface area contributed by atoms with Gasteiger partial charge in [0.25, 0.3) is 0 Å². The molecule has 0 radical (unpaired) electrons. The Bertz CT molecular complexity index is 733. The van der Waals surface area contributed by atoms with Crippen LogP contribution in [0.1, 0.15) is 9.67 Å². The Labute approximate surface area is 117 Å². The van der Waals surface area contributed by atoms with Gasteiger partial charge in [0.1, 0.15) is 4.88 Å². The molecule has 2 heterocycles. The van der Waals surface area contributed by atoms with E-state index in [4.69, 9.17) is 0 Å². The van der Waals surface area contributed by atoms with Gasteiger partial charge >= 0.3 is 5.97 Å². The number of thiophene rings is 1. The van der Waals surface area contributed by atoms with Gasteiger partial charge in [0, 0.05) is 10.4 Å². The molecule has 0 aliphatic heterocycles. The maximum atomic E-state index is 11.3. The Kier molecular flexibility index (Phi) is 3.18. The van der Waals surface area contributed by atoms with E-state index >= 15 is 0 Å². The second-order valence-corrected chi connectivity index (χ2v) is 5.80. The van der Waals surface area contributed by atoms with Crippen LogP contribution in [0.4, 0.5) is 10.8 Å². The monoisotopic (exact) mass is 290 g/mol. The fourth-order valence-corrected chi connectivity index (χ4v) is 3.22. The van der Waals surface area contributed by atoms with Crippen LogP contribution in [-0.2, 0) is 4.74 Å². The first kappa shape index (κ1) is 12.1. The Morgan fingerprint density at radius 2 is 2.26 bits per heavy atom. The molecule has 0 aliphatic carbocycles. The molecule has 19 heavy (non-hydrogen) atoms. The predicted octanol–water partition coefficient (Wildman–Crippen LogP) is 3.89. The van der Waals surface area contributed by atoms with Gasteiger partial charge in [0.15, 0.2) is 5.13 Å². The number of nitrogens with one attached hydrogen (secondary N) is 1. The van der Waals surface area contributed by atoms with E-state index in [0.717, 1.165) is 5.69 Å². The smallest absolute Gasteiger partial charge is 0.349 e. The van der Waals surface area contributed by atoms with Crippen molar-refractivity contribution in [2.24, 2.45) is 0 Å². The molecule has 0 unspecified atom stereocenters. The fourth-order valence-electron chi connectivity index (χ4n) is 1.69. The van der Waals surface area contributed by atoms with E-state index in [1.807, 2.05) is 6.07 Å². The summed E-state index contributed by atoms with van der Waals surface area (Å²) in [5.74, 6) is -0.362. The summed E-state index contributed by atoms with van der Waals surface area (Å²) in [6.07, 6.45) is 1.52. The minimum atomic E-state index is -0.362. The number of hydrogen-bond acceptors (Lipinski definition) is 6. The number of hydrogen-bond donors (Lipinski definition) is 1. The number of rotatable bonds is 3. The molecule has 3 rings (SSSR count). The van der Waals surface area contributed by atoms with Crippen LogP contribution in [0.2, 0.25) is 0 Å². The van der Waals surface area contributed by atoms with Crippen molar-refractivity contribution in [1.29, 1.82) is 0 Å². The normalized spacial score (nSPS) is 10.6. The van der Waals surface area contributed by atoms with Crippen molar-refractivity contribution in [3.63, 3.8) is 0 Å². The van der Waals surface area contributed by atoms with Crippen LogP contribution in [0.15, 0.2) is 35.8 Å². The second kappa shape index (κ2) is 4.99. The topological polar surface area (TPSA) is 51.2 Å². The van der Waals surface area contributed by atoms with Gasteiger partial charge in [-0.15, -0.1) is 11.3 Å². The molecule has 0 atom stereocenters. The summed E-state index contributed by atoms with van der Waals surface area (Å²) in [4.78, 5) is 16.0. The van der Waals surface area contributed by atoms with Crippen LogP contribution in [0.5, 0.6) is 0 Å². The zero-order valence-electron chi connectivity index (χ0n) is 10.0. The van der Waals surface area contributed by atoms with Gasteiger partial charge < -0.3 is 10.1 Å². The lowest BCUT2D eigenvalue weighted by atomic mass is 10.2. The zero-order chi connectivity index (χ0) is 13.2. The Balaban J connectivity index is 1.83. The third-order valence-corrected chi connectivity index (χ3v) is 4.39. The third-order valence-electron chi connectivity index (χ3n) is 2.60. The van der Waals surface area contributed by atoms with Crippen molar-refractivity contribution in [2.75, 3.05) is 12.4 Å². The Hall–Kier alpha value is -1.92. The fraction of sp³-hybridized carbons (Fsp3) is 0.0769. The summed E-state index contributed by atoms with van der Waals surface area (Å²) >= 11 is 2.99. The van der Waals surface area contributed by atoms with Crippen LogP contribution in [0, 0.1) is 0 Å². The largest absolute Gasteiger partial charge is 0.465 e. The third kappa shape index (κ3) is 2.45. The SMILES string of the molecule is COC(=O)c1cnc(Nc2ccc3sccc3c2)s1. The summed E-state index contributed by atoms with van der Waals surface area (Å²) < 4.78 is 5.90. The standard InChI is InChI=1S/C13H10N2O2S2/c1-17-12(16)11-7-14-13(19-11)15-9-2-3-10-8(6-9)4-5-18-10/h2-7H,1H3,(H,14,15). The highest BCUT2D eigenvalue weighted by Gasteiger charge is 2.10. The molecule has 1 aromatic carbocycles. The molecule has 0 aliphatic rings. The number of esters is 1. The Morgan fingerprint density at radius 3 is 3.11 bits per heavy atom.